The molecule has 0 radical (unpaired) electrons. The zero-order chi connectivity index (χ0) is 19.5. The van der Waals surface area contributed by atoms with Crippen LogP contribution in [0.5, 0.6) is 0 Å². The predicted molar refractivity (Wildman–Crippen MR) is 101 cm³/mol. The van der Waals surface area contributed by atoms with E-state index in [1.54, 1.807) is 6.07 Å². The summed E-state index contributed by atoms with van der Waals surface area (Å²) in [5.74, 6) is -1.24. The molecular formula is C21H21N3O4. The first-order chi connectivity index (χ1) is 13.6. The average molecular weight is 379 g/mol. The van der Waals surface area contributed by atoms with Crippen LogP contribution in [0.15, 0.2) is 52.6 Å². The lowest BCUT2D eigenvalue weighted by Crippen LogP contribution is -2.33. The number of allylic oxidation sites excluding steroid dienone is 1. The second-order valence-electron chi connectivity index (χ2n) is 7.03. The van der Waals surface area contributed by atoms with E-state index in [4.69, 9.17) is 4.52 Å². The lowest BCUT2D eigenvalue weighted by Gasteiger charge is -2.17. The summed E-state index contributed by atoms with van der Waals surface area (Å²) < 4.78 is 5.27. The Morgan fingerprint density at radius 3 is 2.54 bits per heavy atom. The van der Waals surface area contributed by atoms with E-state index in [0.29, 0.717) is 17.9 Å². The maximum absolute atomic E-state index is 12.6. The third-order valence-electron chi connectivity index (χ3n) is 5.12. The van der Waals surface area contributed by atoms with E-state index < -0.39 is 17.8 Å². The number of amides is 4. The summed E-state index contributed by atoms with van der Waals surface area (Å²) in [4.78, 5) is 39.1. The van der Waals surface area contributed by atoms with Crippen molar-refractivity contribution in [2.24, 2.45) is 0 Å². The van der Waals surface area contributed by atoms with Gasteiger partial charge in [-0.25, -0.2) is 9.69 Å². The highest BCUT2D eigenvalue weighted by Crippen LogP contribution is 2.24. The van der Waals surface area contributed by atoms with Gasteiger partial charge in [-0.15, -0.1) is 0 Å². The quantitative estimate of drug-likeness (QED) is 0.436. The molecule has 1 aliphatic carbocycles. The van der Waals surface area contributed by atoms with Crippen molar-refractivity contribution in [2.75, 3.05) is 6.54 Å². The van der Waals surface area contributed by atoms with Gasteiger partial charge in [-0.1, -0.05) is 47.1 Å². The van der Waals surface area contributed by atoms with Gasteiger partial charge in [0.1, 0.15) is 5.69 Å². The van der Waals surface area contributed by atoms with E-state index in [2.05, 4.69) is 11.2 Å². The van der Waals surface area contributed by atoms with Crippen LogP contribution >= 0.6 is 0 Å². The smallest absolute Gasteiger partial charge is 0.334 e. The zero-order valence-corrected chi connectivity index (χ0v) is 15.5. The van der Waals surface area contributed by atoms with Crippen LogP contribution in [0, 0.1) is 0 Å². The fraction of sp³-hybridized carbons (Fsp3) is 0.333. The molecule has 0 atom stereocenters. The minimum Gasteiger partial charge on any atom is -0.359 e. The number of carbonyl (C=O) groups is 3. The molecule has 144 valence electrons. The van der Waals surface area contributed by atoms with Gasteiger partial charge >= 0.3 is 17.8 Å². The highest BCUT2D eigenvalue weighted by atomic mass is 16.5. The van der Waals surface area contributed by atoms with Gasteiger partial charge in [0.25, 0.3) is 0 Å². The van der Waals surface area contributed by atoms with Gasteiger partial charge in [-0.05, 0) is 32.1 Å². The Balaban J connectivity index is 1.43. The fourth-order valence-corrected chi connectivity index (χ4v) is 3.56. The monoisotopic (exact) mass is 379 g/mol. The van der Waals surface area contributed by atoms with Crippen LogP contribution in [-0.2, 0) is 16.1 Å². The van der Waals surface area contributed by atoms with E-state index in [0.717, 1.165) is 34.6 Å². The largest absolute Gasteiger partial charge is 0.359 e. The number of hydrogen-bond acceptors (Lipinski definition) is 5. The SMILES string of the molecule is O=C1C(=O)N(Cc2cc(-c3ccccc3)no2)C(=O)N1CCC1=CCCCC1. The molecule has 0 saturated carbocycles. The first kappa shape index (κ1) is 18.2. The Hall–Kier alpha value is -3.22. The maximum Gasteiger partial charge on any atom is 0.334 e. The van der Waals surface area contributed by atoms with Gasteiger partial charge in [0.15, 0.2) is 5.76 Å². The van der Waals surface area contributed by atoms with Gasteiger partial charge < -0.3 is 4.52 Å². The molecule has 1 aliphatic heterocycles. The Bertz CT molecular complexity index is 932. The van der Waals surface area contributed by atoms with Gasteiger partial charge in [-0.2, -0.15) is 0 Å². The van der Waals surface area contributed by atoms with Crippen LogP contribution < -0.4 is 0 Å². The molecule has 1 aromatic heterocycles. The zero-order valence-electron chi connectivity index (χ0n) is 15.5. The molecule has 28 heavy (non-hydrogen) atoms. The third-order valence-corrected chi connectivity index (χ3v) is 5.12. The summed E-state index contributed by atoms with van der Waals surface area (Å²) in [6.45, 7) is 0.125. The summed E-state index contributed by atoms with van der Waals surface area (Å²) in [7, 11) is 0. The van der Waals surface area contributed by atoms with Crippen molar-refractivity contribution in [2.45, 2.75) is 38.6 Å². The summed E-state index contributed by atoms with van der Waals surface area (Å²) >= 11 is 0. The molecule has 4 rings (SSSR count). The minimum atomic E-state index is -0.819. The molecule has 0 bridgehead atoms. The van der Waals surface area contributed by atoms with Gasteiger partial charge in [-0.3, -0.25) is 14.5 Å². The van der Waals surface area contributed by atoms with Crippen molar-refractivity contribution in [1.82, 2.24) is 15.0 Å². The van der Waals surface area contributed by atoms with Crippen LogP contribution in [0.25, 0.3) is 11.3 Å². The van der Waals surface area contributed by atoms with Crippen LogP contribution in [0.4, 0.5) is 4.79 Å². The van der Waals surface area contributed by atoms with Crippen LogP contribution in [0.3, 0.4) is 0 Å². The molecule has 0 N–H and O–H groups in total. The second-order valence-corrected chi connectivity index (χ2v) is 7.03. The van der Waals surface area contributed by atoms with Gasteiger partial charge in [0.05, 0.1) is 6.54 Å². The number of benzene rings is 1. The number of urea groups is 1. The van der Waals surface area contributed by atoms with Crippen LogP contribution in [0.1, 0.15) is 37.9 Å². The highest BCUT2D eigenvalue weighted by molar-refractivity contribution is 6.44. The Kier molecular flexibility index (Phi) is 5.06. The lowest BCUT2D eigenvalue weighted by atomic mass is 9.97. The molecule has 1 saturated heterocycles. The molecule has 2 heterocycles. The van der Waals surface area contributed by atoms with Crippen LogP contribution in [0.2, 0.25) is 0 Å². The molecule has 7 nitrogen and oxygen atoms in total. The number of hydrogen-bond donors (Lipinski definition) is 0. The topological polar surface area (TPSA) is 83.7 Å². The van der Waals surface area contributed by atoms with Gasteiger partial charge in [0, 0.05) is 18.2 Å². The average Bonchev–Trinajstić information content (AvgIpc) is 3.28. The minimum absolute atomic E-state index is 0.109. The molecular weight excluding hydrogens is 358 g/mol. The van der Waals surface area contributed by atoms with Gasteiger partial charge in [0.2, 0.25) is 0 Å². The highest BCUT2D eigenvalue weighted by Gasteiger charge is 2.44. The summed E-state index contributed by atoms with van der Waals surface area (Å²) in [6.07, 6.45) is 7.14. The summed E-state index contributed by atoms with van der Waals surface area (Å²) in [6, 6.07) is 10.5. The first-order valence-corrected chi connectivity index (χ1v) is 9.50. The van der Waals surface area contributed by atoms with Crippen molar-refractivity contribution in [3.05, 3.63) is 53.8 Å². The third kappa shape index (κ3) is 3.60. The normalized spacial score (nSPS) is 17.4. The number of imide groups is 2. The Morgan fingerprint density at radius 2 is 1.79 bits per heavy atom. The number of nitrogens with zero attached hydrogens (tertiary/aromatic N) is 3. The number of aromatic nitrogens is 1. The van der Waals surface area contributed by atoms with E-state index in [1.165, 1.54) is 12.0 Å². The summed E-state index contributed by atoms with van der Waals surface area (Å²) in [5.41, 5.74) is 2.73. The molecule has 0 unspecified atom stereocenters. The van der Waals surface area contributed by atoms with Crippen LogP contribution in [-0.4, -0.2) is 39.3 Å². The van der Waals surface area contributed by atoms with E-state index in [1.807, 2.05) is 30.3 Å². The molecule has 2 aliphatic rings. The van der Waals surface area contributed by atoms with Crippen molar-refractivity contribution in [3.8, 4) is 11.3 Å². The first-order valence-electron chi connectivity index (χ1n) is 9.50. The fourth-order valence-electron chi connectivity index (χ4n) is 3.56. The Labute approximate surface area is 162 Å². The van der Waals surface area contributed by atoms with Crippen molar-refractivity contribution < 1.29 is 18.9 Å². The van der Waals surface area contributed by atoms with Crippen molar-refractivity contribution in [1.29, 1.82) is 0 Å². The molecule has 1 fully saturated rings. The molecule has 1 aromatic carbocycles. The van der Waals surface area contributed by atoms with E-state index in [-0.39, 0.29) is 13.1 Å². The number of carbonyl (C=O) groups excluding carboxylic acids is 3. The predicted octanol–water partition coefficient (Wildman–Crippen LogP) is 3.52. The second kappa shape index (κ2) is 7.80. The molecule has 7 heteroatoms. The molecule has 0 spiro atoms. The molecule has 4 amide bonds. The maximum atomic E-state index is 12.6. The van der Waals surface area contributed by atoms with E-state index in [9.17, 15) is 14.4 Å². The van der Waals surface area contributed by atoms with E-state index >= 15 is 0 Å². The standard InChI is InChI=1S/C21H21N3O4/c25-19-20(26)24(21(27)23(19)12-11-15-7-3-1-4-8-15)14-17-13-18(22-28-17)16-9-5-2-6-10-16/h2,5-7,9-10,13H,1,3-4,8,11-12,14H2. The summed E-state index contributed by atoms with van der Waals surface area (Å²) in [5, 5.41) is 3.98. The van der Waals surface area contributed by atoms with Crippen molar-refractivity contribution >= 4 is 17.8 Å². The lowest BCUT2D eigenvalue weighted by molar-refractivity contribution is -0.143. The Morgan fingerprint density at radius 1 is 1.00 bits per heavy atom. The van der Waals surface area contributed by atoms with Crippen molar-refractivity contribution in [3.63, 3.8) is 0 Å². The number of rotatable bonds is 6. The molecule has 2 aromatic rings.